The van der Waals surface area contributed by atoms with Gasteiger partial charge in [-0.2, -0.15) is 5.10 Å². The molecule has 0 atom stereocenters. The summed E-state index contributed by atoms with van der Waals surface area (Å²) in [5.74, 6) is 0.173. The molecule has 0 unspecified atom stereocenters. The number of aromatic nitrogens is 2. The third-order valence-electron chi connectivity index (χ3n) is 6.26. The molecule has 1 aliphatic rings. The van der Waals surface area contributed by atoms with Gasteiger partial charge in [0.05, 0.1) is 23.1 Å². The molecule has 31 heavy (non-hydrogen) atoms. The fourth-order valence-electron chi connectivity index (χ4n) is 4.20. The molecule has 0 bridgehead atoms. The summed E-state index contributed by atoms with van der Waals surface area (Å²) >= 11 is 0. The Bertz CT molecular complexity index is 1020. The predicted molar refractivity (Wildman–Crippen MR) is 129 cm³/mol. The molecular formula is C25H31ClN4O. The van der Waals surface area contributed by atoms with Crippen molar-refractivity contribution in [3.05, 3.63) is 77.1 Å². The molecule has 1 saturated heterocycles. The van der Waals surface area contributed by atoms with Crippen LogP contribution in [0.4, 0.5) is 5.69 Å². The van der Waals surface area contributed by atoms with E-state index in [0.29, 0.717) is 6.42 Å². The topological polar surface area (TPSA) is 41.4 Å². The first-order valence-corrected chi connectivity index (χ1v) is 10.7. The van der Waals surface area contributed by atoms with E-state index in [1.165, 1.54) is 16.8 Å². The molecule has 0 amide bonds. The number of rotatable bonds is 6. The molecule has 1 fully saturated rings. The molecule has 4 rings (SSSR count). The van der Waals surface area contributed by atoms with E-state index in [4.69, 9.17) is 0 Å². The Labute approximate surface area is 191 Å². The molecule has 0 spiro atoms. The second kappa shape index (κ2) is 10.1. The first kappa shape index (κ1) is 23.0. The molecule has 0 saturated carbocycles. The minimum absolute atomic E-state index is 0. The highest BCUT2D eigenvalue weighted by Crippen LogP contribution is 2.24. The molecule has 1 aliphatic heterocycles. The highest BCUT2D eigenvalue weighted by molar-refractivity contribution is 5.97. The summed E-state index contributed by atoms with van der Waals surface area (Å²) in [6.45, 7) is 11.1. The third kappa shape index (κ3) is 5.00. The number of piperazine rings is 1. The SMILES string of the molecule is Cc1cccc(N2CCN(CCC(=O)c3cnn(-c4ccccc4)c3C)CC2)c1C.Cl. The van der Waals surface area contributed by atoms with Crippen molar-refractivity contribution >= 4 is 23.9 Å². The first-order valence-electron chi connectivity index (χ1n) is 10.7. The van der Waals surface area contributed by atoms with Crippen molar-refractivity contribution < 1.29 is 4.79 Å². The van der Waals surface area contributed by atoms with Gasteiger partial charge in [-0.25, -0.2) is 4.68 Å². The standard InChI is InChI=1S/C25H30N4O.ClH/c1-19-8-7-11-24(20(19)2)28-16-14-27(15-17-28)13-12-25(30)23-18-26-29(21(23)3)22-9-5-4-6-10-22;/h4-11,18H,12-17H2,1-3H3;1H. The third-order valence-corrected chi connectivity index (χ3v) is 6.26. The number of nitrogens with zero attached hydrogens (tertiary/aromatic N) is 4. The van der Waals surface area contributed by atoms with Crippen LogP contribution in [0.2, 0.25) is 0 Å². The number of aryl methyl sites for hydroxylation is 1. The van der Waals surface area contributed by atoms with E-state index in [0.717, 1.165) is 49.7 Å². The van der Waals surface area contributed by atoms with Gasteiger partial charge in [0.1, 0.15) is 0 Å². The van der Waals surface area contributed by atoms with Crippen molar-refractivity contribution in [2.45, 2.75) is 27.2 Å². The summed E-state index contributed by atoms with van der Waals surface area (Å²) in [5, 5.41) is 4.44. The number of halogens is 1. The van der Waals surface area contributed by atoms with Crippen LogP contribution < -0.4 is 4.90 Å². The first-order chi connectivity index (χ1) is 14.5. The molecule has 0 aliphatic carbocycles. The maximum atomic E-state index is 12.8. The Balaban J connectivity index is 0.00000272. The van der Waals surface area contributed by atoms with Gasteiger partial charge in [0.15, 0.2) is 5.78 Å². The van der Waals surface area contributed by atoms with Crippen molar-refractivity contribution in [3.63, 3.8) is 0 Å². The zero-order chi connectivity index (χ0) is 21.1. The van der Waals surface area contributed by atoms with Gasteiger partial charge in [0.25, 0.3) is 0 Å². The van der Waals surface area contributed by atoms with Crippen LogP contribution >= 0.6 is 12.4 Å². The van der Waals surface area contributed by atoms with Crippen molar-refractivity contribution in [2.24, 2.45) is 0 Å². The molecule has 0 N–H and O–H groups in total. The van der Waals surface area contributed by atoms with E-state index in [2.05, 4.69) is 46.9 Å². The van der Waals surface area contributed by atoms with E-state index in [9.17, 15) is 4.79 Å². The Morgan fingerprint density at radius 2 is 1.65 bits per heavy atom. The number of Topliss-reactive ketones (excluding diaryl/α,β-unsaturated/α-hetero) is 1. The second-order valence-corrected chi connectivity index (χ2v) is 8.11. The Kier molecular flexibility index (Phi) is 7.52. The summed E-state index contributed by atoms with van der Waals surface area (Å²) in [6.07, 6.45) is 2.24. The van der Waals surface area contributed by atoms with Crippen LogP contribution in [0.25, 0.3) is 5.69 Å². The van der Waals surface area contributed by atoms with E-state index >= 15 is 0 Å². The van der Waals surface area contributed by atoms with Gasteiger partial charge in [-0.1, -0.05) is 30.3 Å². The highest BCUT2D eigenvalue weighted by Gasteiger charge is 2.21. The zero-order valence-electron chi connectivity index (χ0n) is 18.5. The van der Waals surface area contributed by atoms with Crippen molar-refractivity contribution in [1.29, 1.82) is 0 Å². The number of para-hydroxylation sites is 1. The number of carbonyl (C=O) groups excluding carboxylic acids is 1. The molecule has 3 aromatic rings. The smallest absolute Gasteiger partial charge is 0.167 e. The van der Waals surface area contributed by atoms with Crippen LogP contribution in [0.5, 0.6) is 0 Å². The number of hydrogen-bond donors (Lipinski definition) is 0. The number of ketones is 1. The van der Waals surface area contributed by atoms with Gasteiger partial charge >= 0.3 is 0 Å². The minimum atomic E-state index is 0. The van der Waals surface area contributed by atoms with Gasteiger partial charge in [0.2, 0.25) is 0 Å². The molecule has 164 valence electrons. The lowest BCUT2D eigenvalue weighted by atomic mass is 10.1. The lowest BCUT2D eigenvalue weighted by molar-refractivity contribution is 0.0962. The molecule has 5 nitrogen and oxygen atoms in total. The fourth-order valence-corrected chi connectivity index (χ4v) is 4.20. The normalized spacial score (nSPS) is 14.4. The molecule has 6 heteroatoms. The largest absolute Gasteiger partial charge is 0.369 e. The van der Waals surface area contributed by atoms with E-state index in [-0.39, 0.29) is 18.2 Å². The van der Waals surface area contributed by atoms with Crippen LogP contribution in [-0.4, -0.2) is 53.2 Å². The lowest BCUT2D eigenvalue weighted by Crippen LogP contribution is -2.47. The molecule has 2 aromatic carbocycles. The average molecular weight is 439 g/mol. The number of anilines is 1. The maximum Gasteiger partial charge on any atom is 0.167 e. The molecular weight excluding hydrogens is 408 g/mol. The van der Waals surface area contributed by atoms with Crippen LogP contribution in [0.1, 0.15) is 33.6 Å². The summed E-state index contributed by atoms with van der Waals surface area (Å²) in [7, 11) is 0. The van der Waals surface area contributed by atoms with E-state index in [1.807, 2.05) is 41.9 Å². The summed E-state index contributed by atoms with van der Waals surface area (Å²) in [5.41, 5.74) is 6.67. The van der Waals surface area contributed by atoms with Gasteiger partial charge < -0.3 is 4.90 Å². The zero-order valence-corrected chi connectivity index (χ0v) is 19.4. The van der Waals surface area contributed by atoms with Crippen molar-refractivity contribution in [1.82, 2.24) is 14.7 Å². The highest BCUT2D eigenvalue weighted by atomic mass is 35.5. The molecule has 1 aromatic heterocycles. The monoisotopic (exact) mass is 438 g/mol. The molecule has 2 heterocycles. The van der Waals surface area contributed by atoms with Crippen molar-refractivity contribution in [3.8, 4) is 5.69 Å². The summed E-state index contributed by atoms with van der Waals surface area (Å²) in [4.78, 5) is 17.7. The van der Waals surface area contributed by atoms with Crippen LogP contribution in [0.15, 0.2) is 54.7 Å². The summed E-state index contributed by atoms with van der Waals surface area (Å²) < 4.78 is 1.84. The number of hydrogen-bond acceptors (Lipinski definition) is 4. The molecule has 0 radical (unpaired) electrons. The Morgan fingerprint density at radius 3 is 2.35 bits per heavy atom. The Morgan fingerprint density at radius 1 is 0.935 bits per heavy atom. The van der Waals surface area contributed by atoms with E-state index in [1.54, 1.807) is 6.20 Å². The second-order valence-electron chi connectivity index (χ2n) is 8.11. The minimum Gasteiger partial charge on any atom is -0.369 e. The van der Waals surface area contributed by atoms with Crippen LogP contribution in [0.3, 0.4) is 0 Å². The lowest BCUT2D eigenvalue weighted by Gasteiger charge is -2.37. The van der Waals surface area contributed by atoms with E-state index < -0.39 is 0 Å². The predicted octanol–water partition coefficient (Wildman–Crippen LogP) is 4.61. The van der Waals surface area contributed by atoms with Gasteiger partial charge in [0, 0.05) is 44.8 Å². The average Bonchev–Trinajstić information content (AvgIpc) is 3.16. The van der Waals surface area contributed by atoms with Gasteiger partial charge in [-0.15, -0.1) is 12.4 Å². The van der Waals surface area contributed by atoms with Crippen molar-refractivity contribution in [2.75, 3.05) is 37.6 Å². The van der Waals surface area contributed by atoms with Crippen LogP contribution in [-0.2, 0) is 0 Å². The fraction of sp³-hybridized carbons (Fsp3) is 0.360. The van der Waals surface area contributed by atoms with Gasteiger partial charge in [-0.05, 0) is 50.1 Å². The summed E-state index contributed by atoms with van der Waals surface area (Å²) in [6, 6.07) is 16.5. The number of benzene rings is 2. The Hall–Kier alpha value is -2.63. The van der Waals surface area contributed by atoms with Gasteiger partial charge in [-0.3, -0.25) is 9.69 Å². The number of carbonyl (C=O) groups is 1. The van der Waals surface area contributed by atoms with Crippen LogP contribution in [0, 0.1) is 20.8 Å². The quantitative estimate of drug-likeness (QED) is 0.527. The maximum absolute atomic E-state index is 12.8.